The predicted octanol–water partition coefficient (Wildman–Crippen LogP) is 3.99. The molecule has 106 valence electrons. The van der Waals surface area contributed by atoms with Crippen molar-refractivity contribution >= 4 is 0 Å². The molecule has 3 atom stereocenters. The zero-order valence-electron chi connectivity index (χ0n) is 12.1. The summed E-state index contributed by atoms with van der Waals surface area (Å²) in [5, 5.41) is 3.51. The van der Waals surface area contributed by atoms with Crippen LogP contribution in [0, 0.1) is 5.92 Å². The molecule has 1 saturated carbocycles. The molecule has 2 aromatic rings. The number of benzene rings is 1. The molecule has 0 radical (unpaired) electrons. The van der Waals surface area contributed by atoms with Gasteiger partial charge in [0, 0.05) is 6.04 Å². The Morgan fingerprint density at radius 1 is 1.15 bits per heavy atom. The van der Waals surface area contributed by atoms with Gasteiger partial charge in [0.15, 0.2) is 0 Å². The first-order chi connectivity index (χ1) is 9.86. The van der Waals surface area contributed by atoms with E-state index < -0.39 is 0 Å². The summed E-state index contributed by atoms with van der Waals surface area (Å²) in [5.74, 6) is 1.40. The van der Waals surface area contributed by atoms with Crippen molar-refractivity contribution in [2.24, 2.45) is 5.92 Å². The molecule has 0 bridgehead atoms. The first-order valence-corrected chi connectivity index (χ1v) is 7.60. The summed E-state index contributed by atoms with van der Waals surface area (Å²) in [5.41, 5.74) is 2.82. The highest BCUT2D eigenvalue weighted by Crippen LogP contribution is 2.37. The van der Waals surface area contributed by atoms with Gasteiger partial charge in [-0.1, -0.05) is 30.3 Å². The van der Waals surface area contributed by atoms with Crippen molar-refractivity contribution in [3.05, 3.63) is 60.1 Å². The average molecular weight is 269 g/mol. The first-order valence-electron chi connectivity index (χ1n) is 7.60. The molecular formula is C18H23NO. The minimum absolute atomic E-state index is 0.630. The number of furan rings is 1. The molecule has 0 aliphatic heterocycles. The minimum Gasteiger partial charge on any atom is -0.472 e. The van der Waals surface area contributed by atoms with Gasteiger partial charge >= 0.3 is 0 Å². The minimum atomic E-state index is 0.630. The summed E-state index contributed by atoms with van der Waals surface area (Å²) < 4.78 is 5.22. The summed E-state index contributed by atoms with van der Waals surface area (Å²) in [6, 6.07) is 13.7. The van der Waals surface area contributed by atoms with E-state index in [2.05, 4.69) is 48.8 Å². The van der Waals surface area contributed by atoms with Crippen molar-refractivity contribution in [2.75, 3.05) is 7.05 Å². The predicted molar refractivity (Wildman–Crippen MR) is 81.8 cm³/mol. The first kappa shape index (κ1) is 13.4. The van der Waals surface area contributed by atoms with Crippen molar-refractivity contribution in [1.82, 2.24) is 5.32 Å². The van der Waals surface area contributed by atoms with Gasteiger partial charge in [-0.15, -0.1) is 0 Å². The molecule has 0 amide bonds. The molecule has 1 N–H and O–H groups in total. The molecule has 2 nitrogen and oxygen atoms in total. The fourth-order valence-corrected chi connectivity index (χ4v) is 3.61. The average Bonchev–Trinajstić information content (AvgIpc) is 3.01. The van der Waals surface area contributed by atoms with E-state index in [1.165, 1.54) is 30.4 Å². The van der Waals surface area contributed by atoms with Crippen LogP contribution < -0.4 is 5.32 Å². The van der Waals surface area contributed by atoms with Gasteiger partial charge in [0.1, 0.15) is 0 Å². The van der Waals surface area contributed by atoms with Crippen LogP contribution in [0.5, 0.6) is 0 Å². The lowest BCUT2D eigenvalue weighted by molar-refractivity contribution is 0.248. The van der Waals surface area contributed by atoms with Gasteiger partial charge in [-0.2, -0.15) is 0 Å². The molecule has 3 unspecified atom stereocenters. The second-order valence-electron chi connectivity index (χ2n) is 5.91. The third-order valence-corrected chi connectivity index (χ3v) is 4.70. The fraction of sp³-hybridized carbons (Fsp3) is 0.444. The van der Waals surface area contributed by atoms with E-state index >= 15 is 0 Å². The summed E-state index contributed by atoms with van der Waals surface area (Å²) in [4.78, 5) is 0. The van der Waals surface area contributed by atoms with Gasteiger partial charge in [-0.05, 0) is 61.8 Å². The lowest BCUT2D eigenvalue weighted by Gasteiger charge is -2.36. The van der Waals surface area contributed by atoms with E-state index in [1.807, 2.05) is 6.26 Å². The van der Waals surface area contributed by atoms with E-state index in [4.69, 9.17) is 4.42 Å². The van der Waals surface area contributed by atoms with Gasteiger partial charge < -0.3 is 9.73 Å². The van der Waals surface area contributed by atoms with Crippen LogP contribution in [0.1, 0.15) is 36.3 Å². The molecule has 0 saturated heterocycles. The van der Waals surface area contributed by atoms with Crippen molar-refractivity contribution in [3.8, 4) is 0 Å². The van der Waals surface area contributed by atoms with Crippen molar-refractivity contribution in [1.29, 1.82) is 0 Å². The Hall–Kier alpha value is -1.54. The highest BCUT2D eigenvalue weighted by Gasteiger charge is 2.30. The summed E-state index contributed by atoms with van der Waals surface area (Å²) in [6.07, 6.45) is 8.60. The Bertz CT molecular complexity index is 505. The Morgan fingerprint density at radius 3 is 2.70 bits per heavy atom. The van der Waals surface area contributed by atoms with Gasteiger partial charge in [0.2, 0.25) is 0 Å². The molecule has 1 aliphatic carbocycles. The second kappa shape index (κ2) is 6.27. The zero-order chi connectivity index (χ0) is 13.8. The van der Waals surface area contributed by atoms with Crippen LogP contribution in [0.15, 0.2) is 53.3 Å². The van der Waals surface area contributed by atoms with Gasteiger partial charge in [-0.25, -0.2) is 0 Å². The Morgan fingerprint density at radius 2 is 2.00 bits per heavy atom. The van der Waals surface area contributed by atoms with Crippen molar-refractivity contribution in [2.45, 2.75) is 37.6 Å². The van der Waals surface area contributed by atoms with Crippen LogP contribution in [-0.2, 0) is 6.42 Å². The lowest BCUT2D eigenvalue weighted by atomic mass is 9.73. The molecular weight excluding hydrogens is 246 g/mol. The summed E-state index contributed by atoms with van der Waals surface area (Å²) in [7, 11) is 2.09. The van der Waals surface area contributed by atoms with Crippen LogP contribution in [-0.4, -0.2) is 13.1 Å². The van der Waals surface area contributed by atoms with Gasteiger partial charge in [0.25, 0.3) is 0 Å². The van der Waals surface area contributed by atoms with Crippen LogP contribution in [0.2, 0.25) is 0 Å². The van der Waals surface area contributed by atoms with Crippen molar-refractivity contribution < 1.29 is 4.42 Å². The van der Waals surface area contributed by atoms with E-state index in [0.717, 1.165) is 6.42 Å². The summed E-state index contributed by atoms with van der Waals surface area (Å²) in [6.45, 7) is 0. The van der Waals surface area contributed by atoms with Crippen LogP contribution in [0.3, 0.4) is 0 Å². The SMILES string of the molecule is CNC1CCC(c2ccccc2)CC1Cc1ccoc1. The second-order valence-corrected chi connectivity index (χ2v) is 5.91. The molecule has 1 aromatic heterocycles. The van der Waals surface area contributed by atoms with Gasteiger partial charge in [0.05, 0.1) is 12.5 Å². The van der Waals surface area contributed by atoms with Gasteiger partial charge in [-0.3, -0.25) is 0 Å². The third-order valence-electron chi connectivity index (χ3n) is 4.70. The lowest BCUT2D eigenvalue weighted by Crippen LogP contribution is -2.39. The zero-order valence-corrected chi connectivity index (χ0v) is 12.1. The van der Waals surface area contributed by atoms with Crippen LogP contribution >= 0.6 is 0 Å². The molecule has 1 aliphatic rings. The van der Waals surface area contributed by atoms with E-state index in [-0.39, 0.29) is 0 Å². The van der Waals surface area contributed by atoms with E-state index in [0.29, 0.717) is 17.9 Å². The van der Waals surface area contributed by atoms with Crippen LogP contribution in [0.4, 0.5) is 0 Å². The molecule has 1 fully saturated rings. The fourth-order valence-electron chi connectivity index (χ4n) is 3.61. The molecule has 1 aromatic carbocycles. The van der Waals surface area contributed by atoms with Crippen molar-refractivity contribution in [3.63, 3.8) is 0 Å². The highest BCUT2D eigenvalue weighted by molar-refractivity contribution is 5.21. The molecule has 2 heteroatoms. The largest absolute Gasteiger partial charge is 0.472 e. The maximum atomic E-state index is 5.22. The molecule has 1 heterocycles. The van der Waals surface area contributed by atoms with E-state index in [9.17, 15) is 0 Å². The Labute approximate surface area is 121 Å². The Kier molecular flexibility index (Phi) is 4.22. The summed E-state index contributed by atoms with van der Waals surface area (Å²) >= 11 is 0. The highest BCUT2D eigenvalue weighted by atomic mass is 16.3. The number of rotatable bonds is 4. The Balaban J connectivity index is 1.72. The maximum absolute atomic E-state index is 5.22. The standard InChI is InChI=1S/C18H23NO/c1-19-18-8-7-16(15-5-3-2-4-6-15)12-17(18)11-14-9-10-20-13-14/h2-6,9-10,13,16-19H,7-8,11-12H2,1H3. The quantitative estimate of drug-likeness (QED) is 0.907. The third kappa shape index (κ3) is 2.96. The monoisotopic (exact) mass is 269 g/mol. The normalized spacial score (nSPS) is 26.6. The number of nitrogens with one attached hydrogen (secondary N) is 1. The van der Waals surface area contributed by atoms with Crippen LogP contribution in [0.25, 0.3) is 0 Å². The number of hydrogen-bond acceptors (Lipinski definition) is 2. The van der Waals surface area contributed by atoms with E-state index in [1.54, 1.807) is 6.26 Å². The number of hydrogen-bond donors (Lipinski definition) is 1. The molecule has 0 spiro atoms. The smallest absolute Gasteiger partial charge is 0.0934 e. The topological polar surface area (TPSA) is 25.2 Å². The molecule has 20 heavy (non-hydrogen) atoms. The molecule has 3 rings (SSSR count). The maximum Gasteiger partial charge on any atom is 0.0934 e.